The molecule has 0 radical (unpaired) electrons. The summed E-state index contributed by atoms with van der Waals surface area (Å²) in [6.07, 6.45) is -4.84. The molecule has 2 aromatic heterocycles. The Balaban J connectivity index is 2.30. The lowest BCUT2D eigenvalue weighted by Crippen LogP contribution is -2.27. The predicted molar refractivity (Wildman–Crippen MR) is 94.7 cm³/mol. The molecule has 1 aromatic carbocycles. The Kier molecular flexibility index (Phi) is 4.89. The normalized spacial score (nSPS) is 13.8. The molecule has 7 nitrogen and oxygen atoms in total. The van der Waals surface area contributed by atoms with Crippen LogP contribution in [0.1, 0.15) is 43.6 Å². The van der Waals surface area contributed by atoms with Crippen LogP contribution in [0.25, 0.3) is 11.0 Å². The Labute approximate surface area is 161 Å². The van der Waals surface area contributed by atoms with E-state index in [4.69, 9.17) is 0 Å². The van der Waals surface area contributed by atoms with E-state index >= 15 is 0 Å². The van der Waals surface area contributed by atoms with Crippen molar-refractivity contribution in [1.29, 1.82) is 0 Å². The molecule has 0 bridgehead atoms. The molecule has 3 N–H and O–H groups in total. The van der Waals surface area contributed by atoms with Gasteiger partial charge in [0, 0.05) is 0 Å². The van der Waals surface area contributed by atoms with E-state index in [0.29, 0.717) is 6.07 Å². The summed E-state index contributed by atoms with van der Waals surface area (Å²) >= 11 is 0. The molecular formula is C18H18F4N4O3. The predicted octanol–water partition coefficient (Wildman–Crippen LogP) is 3.11. The Morgan fingerprint density at radius 2 is 1.90 bits per heavy atom. The van der Waals surface area contributed by atoms with Crippen molar-refractivity contribution in [3.63, 3.8) is 0 Å². The highest BCUT2D eigenvalue weighted by molar-refractivity contribution is 5.77. The molecular weight excluding hydrogens is 396 g/mol. The van der Waals surface area contributed by atoms with Gasteiger partial charge in [-0.2, -0.15) is 23.3 Å². The second-order valence-corrected chi connectivity index (χ2v) is 7.64. The van der Waals surface area contributed by atoms with Gasteiger partial charge in [-0.15, -0.1) is 0 Å². The van der Waals surface area contributed by atoms with Crippen molar-refractivity contribution in [3.05, 3.63) is 51.2 Å². The average molecular weight is 414 g/mol. The minimum atomic E-state index is -4.84. The first-order chi connectivity index (χ1) is 13.3. The molecule has 0 unspecified atom stereocenters. The Morgan fingerprint density at radius 3 is 2.41 bits per heavy atom. The number of alkyl halides is 3. The number of nitrogens with zero attached hydrogens (tertiary/aromatic N) is 3. The number of aromatic nitrogens is 4. The third-order valence-corrected chi connectivity index (χ3v) is 4.45. The van der Waals surface area contributed by atoms with Gasteiger partial charge in [0.25, 0.3) is 11.6 Å². The van der Waals surface area contributed by atoms with Crippen molar-refractivity contribution < 1.29 is 27.8 Å². The van der Waals surface area contributed by atoms with Crippen molar-refractivity contribution >= 4 is 11.0 Å². The summed E-state index contributed by atoms with van der Waals surface area (Å²) in [6, 6.07) is 0.966. The van der Waals surface area contributed by atoms with Gasteiger partial charge in [0.1, 0.15) is 16.9 Å². The van der Waals surface area contributed by atoms with E-state index < -0.39 is 47.2 Å². The lowest BCUT2D eigenvalue weighted by molar-refractivity contribution is -0.140. The lowest BCUT2D eigenvalue weighted by atomic mass is 9.82. The molecule has 29 heavy (non-hydrogen) atoms. The van der Waals surface area contributed by atoms with Crippen molar-refractivity contribution in [3.8, 4) is 6.01 Å². The van der Waals surface area contributed by atoms with Gasteiger partial charge >= 0.3 is 6.18 Å². The number of H-pyrrole nitrogens is 1. The molecule has 156 valence electrons. The number of benzene rings is 1. The first-order valence-corrected chi connectivity index (χ1v) is 8.52. The van der Waals surface area contributed by atoms with Gasteiger partial charge in [0.15, 0.2) is 5.65 Å². The van der Waals surface area contributed by atoms with Crippen LogP contribution in [-0.2, 0) is 12.8 Å². The quantitative estimate of drug-likeness (QED) is 0.572. The van der Waals surface area contributed by atoms with Crippen LogP contribution in [0.2, 0.25) is 0 Å². The molecule has 11 heteroatoms. The molecule has 0 aliphatic carbocycles. The molecule has 0 aliphatic rings. The SMILES string of the molecule is CC(C)(C)[C@H](c1ccc(C(F)(F)F)c(F)c1)n1nc(CO)c2c(=O)[nH]c(O)nc21. The zero-order valence-electron chi connectivity index (χ0n) is 15.7. The highest BCUT2D eigenvalue weighted by Gasteiger charge is 2.37. The topological polar surface area (TPSA) is 104 Å². The highest BCUT2D eigenvalue weighted by Crippen LogP contribution is 2.40. The van der Waals surface area contributed by atoms with Crippen LogP contribution in [-0.4, -0.2) is 30.0 Å². The van der Waals surface area contributed by atoms with E-state index in [9.17, 15) is 32.6 Å². The molecule has 0 saturated carbocycles. The number of hydrogen-bond acceptors (Lipinski definition) is 5. The summed E-state index contributed by atoms with van der Waals surface area (Å²) in [4.78, 5) is 18.2. The molecule has 3 aromatic rings. The van der Waals surface area contributed by atoms with Crippen molar-refractivity contribution in [2.45, 2.75) is 39.6 Å². The Morgan fingerprint density at radius 1 is 1.24 bits per heavy atom. The smallest absolute Gasteiger partial charge is 0.419 e. The minimum Gasteiger partial charge on any atom is -0.480 e. The summed E-state index contributed by atoms with van der Waals surface area (Å²) in [5, 5.41) is 23.4. The highest BCUT2D eigenvalue weighted by atomic mass is 19.4. The van der Waals surface area contributed by atoms with Gasteiger partial charge in [-0.05, 0) is 23.1 Å². The maximum atomic E-state index is 14.2. The largest absolute Gasteiger partial charge is 0.480 e. The third-order valence-electron chi connectivity index (χ3n) is 4.45. The first kappa shape index (κ1) is 20.8. The van der Waals surface area contributed by atoms with E-state index in [-0.39, 0.29) is 22.3 Å². The van der Waals surface area contributed by atoms with E-state index in [1.54, 1.807) is 20.8 Å². The summed E-state index contributed by atoms with van der Waals surface area (Å²) in [5.41, 5.74) is -2.83. The number of hydrogen-bond donors (Lipinski definition) is 3. The van der Waals surface area contributed by atoms with Gasteiger partial charge in [-0.1, -0.05) is 26.8 Å². The van der Waals surface area contributed by atoms with Crippen LogP contribution in [0.15, 0.2) is 23.0 Å². The van der Waals surface area contributed by atoms with Crippen molar-refractivity contribution in [2.75, 3.05) is 0 Å². The Hall–Kier alpha value is -2.95. The van der Waals surface area contributed by atoms with E-state index in [1.165, 1.54) is 4.68 Å². The summed E-state index contributed by atoms with van der Waals surface area (Å²) in [5.74, 6) is -1.45. The Bertz CT molecular complexity index is 1130. The van der Waals surface area contributed by atoms with Crippen molar-refractivity contribution in [2.24, 2.45) is 5.41 Å². The summed E-state index contributed by atoms with van der Waals surface area (Å²) in [7, 11) is 0. The fourth-order valence-corrected chi connectivity index (χ4v) is 3.33. The van der Waals surface area contributed by atoms with Gasteiger partial charge < -0.3 is 10.2 Å². The first-order valence-electron chi connectivity index (χ1n) is 8.52. The maximum absolute atomic E-state index is 14.2. The molecule has 3 rings (SSSR count). The van der Waals surface area contributed by atoms with Crippen LogP contribution >= 0.6 is 0 Å². The molecule has 0 saturated heterocycles. The van der Waals surface area contributed by atoms with E-state index in [2.05, 4.69) is 15.1 Å². The second-order valence-electron chi connectivity index (χ2n) is 7.64. The zero-order chi connectivity index (χ0) is 21.7. The molecule has 0 amide bonds. The molecule has 1 atom stereocenters. The van der Waals surface area contributed by atoms with Crippen LogP contribution in [0.4, 0.5) is 17.6 Å². The number of fused-ring (bicyclic) bond motifs is 1. The van der Waals surface area contributed by atoms with Crippen LogP contribution in [0.5, 0.6) is 6.01 Å². The van der Waals surface area contributed by atoms with E-state index in [0.717, 1.165) is 12.1 Å². The number of aliphatic hydroxyl groups is 1. The van der Waals surface area contributed by atoms with Gasteiger partial charge in [0.05, 0.1) is 18.2 Å². The number of aromatic hydroxyl groups is 1. The number of aliphatic hydroxyl groups excluding tert-OH is 1. The number of rotatable bonds is 3. The third kappa shape index (κ3) is 3.69. The zero-order valence-corrected chi connectivity index (χ0v) is 15.7. The van der Waals surface area contributed by atoms with Crippen LogP contribution in [0, 0.1) is 11.2 Å². The van der Waals surface area contributed by atoms with E-state index in [1.807, 2.05) is 0 Å². The fourth-order valence-electron chi connectivity index (χ4n) is 3.33. The number of aromatic amines is 1. The summed E-state index contributed by atoms with van der Waals surface area (Å²) in [6.45, 7) is 4.61. The monoisotopic (exact) mass is 414 g/mol. The maximum Gasteiger partial charge on any atom is 0.419 e. The molecule has 0 fully saturated rings. The van der Waals surface area contributed by atoms with Crippen LogP contribution in [0.3, 0.4) is 0 Å². The number of nitrogens with one attached hydrogen (secondary N) is 1. The van der Waals surface area contributed by atoms with Crippen LogP contribution < -0.4 is 5.56 Å². The van der Waals surface area contributed by atoms with Crippen molar-refractivity contribution in [1.82, 2.24) is 19.7 Å². The van der Waals surface area contributed by atoms with Gasteiger partial charge in [-0.3, -0.25) is 9.78 Å². The molecule has 2 heterocycles. The second kappa shape index (κ2) is 6.83. The number of halogens is 4. The fraction of sp³-hybridized carbons (Fsp3) is 0.389. The minimum absolute atomic E-state index is 0.0321. The standard InChI is InChI=1S/C18H18F4N4O3/c1-17(2,3)13(8-4-5-9(10(19)6-8)18(20,21)22)26-14-12(11(7-27)25-26)15(28)24-16(29)23-14/h4-6,13,27H,7H2,1-3H3,(H2,23,24,28,29)/t13-/m0/s1. The van der Waals surface area contributed by atoms with Gasteiger partial charge in [0.2, 0.25) is 0 Å². The average Bonchev–Trinajstić information content (AvgIpc) is 2.91. The molecule has 0 spiro atoms. The summed E-state index contributed by atoms with van der Waals surface area (Å²) < 4.78 is 54.2. The van der Waals surface area contributed by atoms with Gasteiger partial charge in [-0.25, -0.2) is 9.07 Å². The molecule has 0 aliphatic heterocycles. The lowest BCUT2D eigenvalue weighted by Gasteiger charge is -2.32.